The Bertz CT molecular complexity index is 318. The Labute approximate surface area is 94.8 Å². The molecule has 1 fully saturated rings. The van der Waals surface area contributed by atoms with Gasteiger partial charge in [-0.2, -0.15) is 0 Å². The van der Waals surface area contributed by atoms with Crippen LogP contribution in [0, 0.1) is 0 Å². The summed E-state index contributed by atoms with van der Waals surface area (Å²) in [6.07, 6.45) is 0.758. The molecular weight excluding hydrogens is 216 g/mol. The number of anilines is 1. The molecule has 0 aromatic heterocycles. The van der Waals surface area contributed by atoms with Gasteiger partial charge in [-0.05, 0) is 18.6 Å². The number of nitrogens with zero attached hydrogens (tertiary/aromatic N) is 1. The van der Waals surface area contributed by atoms with Gasteiger partial charge in [0, 0.05) is 12.2 Å². The number of halogens is 1. The lowest BCUT2D eigenvalue weighted by Crippen LogP contribution is -2.33. The number of carbonyl (C=O) groups is 1. The van der Waals surface area contributed by atoms with Gasteiger partial charge in [0.25, 0.3) is 0 Å². The molecule has 1 atom stereocenters. The normalized spacial score (nSPS) is 19.4. The molecule has 0 bridgehead atoms. The van der Waals surface area contributed by atoms with Gasteiger partial charge in [0.2, 0.25) is 5.91 Å². The van der Waals surface area contributed by atoms with Crippen molar-refractivity contribution in [3.63, 3.8) is 0 Å². The van der Waals surface area contributed by atoms with Crippen LogP contribution in [0.15, 0.2) is 30.3 Å². The SMILES string of the molecule is Cl.NC1CCN(c2ccccc2)C1=O.O. The second-order valence-corrected chi connectivity index (χ2v) is 3.22. The minimum atomic E-state index is -0.305. The monoisotopic (exact) mass is 230 g/mol. The number of hydrogen-bond donors (Lipinski definition) is 1. The van der Waals surface area contributed by atoms with E-state index >= 15 is 0 Å². The standard InChI is InChI=1S/C10H12N2O.ClH.H2O/c11-9-6-7-12(10(9)13)8-4-2-1-3-5-8;;/h1-5,9H,6-7,11H2;1H;1H2. The van der Waals surface area contributed by atoms with Crippen LogP contribution in [0.4, 0.5) is 5.69 Å². The number of hydrogen-bond acceptors (Lipinski definition) is 2. The van der Waals surface area contributed by atoms with Gasteiger partial charge < -0.3 is 16.1 Å². The van der Waals surface area contributed by atoms with E-state index in [9.17, 15) is 4.79 Å². The van der Waals surface area contributed by atoms with Crippen LogP contribution in [-0.4, -0.2) is 24.0 Å². The Kier molecular flexibility index (Phi) is 5.28. The highest BCUT2D eigenvalue weighted by Crippen LogP contribution is 2.19. The molecule has 0 spiro atoms. The van der Waals surface area contributed by atoms with Crippen LogP contribution in [0.3, 0.4) is 0 Å². The zero-order valence-corrected chi connectivity index (χ0v) is 9.04. The fourth-order valence-corrected chi connectivity index (χ4v) is 1.57. The van der Waals surface area contributed by atoms with E-state index in [1.54, 1.807) is 4.90 Å². The Balaban J connectivity index is 0.000000980. The van der Waals surface area contributed by atoms with Crippen LogP contribution in [-0.2, 0) is 4.79 Å². The van der Waals surface area contributed by atoms with E-state index in [1.807, 2.05) is 30.3 Å². The summed E-state index contributed by atoms with van der Waals surface area (Å²) >= 11 is 0. The van der Waals surface area contributed by atoms with E-state index in [1.165, 1.54) is 0 Å². The number of para-hydroxylation sites is 1. The first kappa shape index (κ1) is 13.9. The van der Waals surface area contributed by atoms with E-state index in [0.29, 0.717) is 0 Å². The van der Waals surface area contributed by atoms with Gasteiger partial charge in [-0.15, -0.1) is 12.4 Å². The van der Waals surface area contributed by atoms with Crippen LogP contribution < -0.4 is 10.6 Å². The molecule has 0 saturated carbocycles. The first-order chi connectivity index (χ1) is 6.29. The predicted molar refractivity (Wildman–Crippen MR) is 62.2 cm³/mol. The number of nitrogens with two attached hydrogens (primary N) is 1. The third-order valence-corrected chi connectivity index (χ3v) is 2.31. The van der Waals surface area contributed by atoms with Crippen LogP contribution in [0.25, 0.3) is 0 Å². The lowest BCUT2D eigenvalue weighted by molar-refractivity contribution is -0.118. The first-order valence-electron chi connectivity index (χ1n) is 4.41. The molecule has 4 nitrogen and oxygen atoms in total. The maximum atomic E-state index is 11.5. The molecule has 15 heavy (non-hydrogen) atoms. The molecular formula is C10H15ClN2O2. The summed E-state index contributed by atoms with van der Waals surface area (Å²) in [5, 5.41) is 0. The molecule has 1 unspecified atom stereocenters. The molecule has 0 radical (unpaired) electrons. The van der Waals surface area contributed by atoms with Crippen molar-refractivity contribution in [3.8, 4) is 0 Å². The van der Waals surface area contributed by atoms with Crippen molar-refractivity contribution in [1.29, 1.82) is 0 Å². The van der Waals surface area contributed by atoms with Crippen molar-refractivity contribution in [2.24, 2.45) is 5.73 Å². The maximum Gasteiger partial charge on any atom is 0.243 e. The summed E-state index contributed by atoms with van der Waals surface area (Å²) in [7, 11) is 0. The minimum Gasteiger partial charge on any atom is -0.412 e. The molecule has 2 rings (SSSR count). The predicted octanol–water partition coefficient (Wildman–Crippen LogP) is 0.348. The van der Waals surface area contributed by atoms with Gasteiger partial charge in [0.15, 0.2) is 0 Å². The average Bonchev–Trinajstić information content (AvgIpc) is 2.49. The van der Waals surface area contributed by atoms with Crippen molar-refractivity contribution < 1.29 is 10.3 Å². The quantitative estimate of drug-likeness (QED) is 0.756. The molecule has 1 aliphatic rings. The van der Waals surface area contributed by atoms with E-state index in [-0.39, 0.29) is 29.8 Å². The highest BCUT2D eigenvalue weighted by atomic mass is 35.5. The maximum absolute atomic E-state index is 11.5. The van der Waals surface area contributed by atoms with Crippen LogP contribution in [0.1, 0.15) is 6.42 Å². The summed E-state index contributed by atoms with van der Waals surface area (Å²) in [5.74, 6) is 0.0335. The van der Waals surface area contributed by atoms with Gasteiger partial charge in [-0.1, -0.05) is 18.2 Å². The topological polar surface area (TPSA) is 77.8 Å². The average molecular weight is 231 g/mol. The molecule has 1 amide bonds. The molecule has 84 valence electrons. The summed E-state index contributed by atoms with van der Waals surface area (Å²) in [5.41, 5.74) is 6.56. The van der Waals surface area contributed by atoms with Crippen molar-refractivity contribution in [3.05, 3.63) is 30.3 Å². The van der Waals surface area contributed by atoms with Crippen molar-refractivity contribution in [2.75, 3.05) is 11.4 Å². The Morgan fingerprint density at radius 2 is 1.87 bits per heavy atom. The van der Waals surface area contributed by atoms with Crippen molar-refractivity contribution in [2.45, 2.75) is 12.5 Å². The van der Waals surface area contributed by atoms with Gasteiger partial charge in [0.1, 0.15) is 0 Å². The summed E-state index contributed by atoms with van der Waals surface area (Å²) in [4.78, 5) is 13.2. The summed E-state index contributed by atoms with van der Waals surface area (Å²) in [6, 6.07) is 9.33. The van der Waals surface area contributed by atoms with Crippen LogP contribution >= 0.6 is 12.4 Å². The summed E-state index contributed by atoms with van der Waals surface area (Å²) in [6.45, 7) is 0.740. The zero-order chi connectivity index (χ0) is 9.26. The lowest BCUT2D eigenvalue weighted by Gasteiger charge is -2.15. The first-order valence-corrected chi connectivity index (χ1v) is 4.41. The number of benzene rings is 1. The Morgan fingerprint density at radius 1 is 1.27 bits per heavy atom. The van der Waals surface area contributed by atoms with Crippen molar-refractivity contribution >= 4 is 24.0 Å². The molecule has 5 heteroatoms. The van der Waals surface area contributed by atoms with Gasteiger partial charge in [-0.3, -0.25) is 4.79 Å². The lowest BCUT2D eigenvalue weighted by atomic mass is 10.3. The third kappa shape index (κ3) is 2.68. The second kappa shape index (κ2) is 5.70. The van der Waals surface area contributed by atoms with Crippen molar-refractivity contribution in [1.82, 2.24) is 0 Å². The van der Waals surface area contributed by atoms with Crippen LogP contribution in [0.5, 0.6) is 0 Å². The summed E-state index contributed by atoms with van der Waals surface area (Å²) < 4.78 is 0. The Hall–Kier alpha value is -1.10. The Morgan fingerprint density at radius 3 is 2.33 bits per heavy atom. The third-order valence-electron chi connectivity index (χ3n) is 2.31. The number of rotatable bonds is 1. The number of carbonyl (C=O) groups excluding carboxylic acids is 1. The molecule has 1 aromatic rings. The molecule has 1 aromatic carbocycles. The van der Waals surface area contributed by atoms with E-state index < -0.39 is 0 Å². The largest absolute Gasteiger partial charge is 0.412 e. The van der Waals surface area contributed by atoms with E-state index in [4.69, 9.17) is 5.73 Å². The van der Waals surface area contributed by atoms with E-state index in [0.717, 1.165) is 18.7 Å². The molecule has 1 aliphatic heterocycles. The van der Waals surface area contributed by atoms with Gasteiger partial charge in [-0.25, -0.2) is 0 Å². The number of amides is 1. The second-order valence-electron chi connectivity index (χ2n) is 3.22. The highest BCUT2D eigenvalue weighted by molar-refractivity contribution is 5.99. The van der Waals surface area contributed by atoms with Crippen LogP contribution in [0.2, 0.25) is 0 Å². The van der Waals surface area contributed by atoms with Gasteiger partial charge in [0.05, 0.1) is 6.04 Å². The fourth-order valence-electron chi connectivity index (χ4n) is 1.57. The fraction of sp³-hybridized carbons (Fsp3) is 0.300. The van der Waals surface area contributed by atoms with Gasteiger partial charge >= 0.3 is 0 Å². The van der Waals surface area contributed by atoms with E-state index in [2.05, 4.69) is 0 Å². The molecule has 1 heterocycles. The smallest absolute Gasteiger partial charge is 0.243 e. The highest BCUT2D eigenvalue weighted by Gasteiger charge is 2.29. The zero-order valence-electron chi connectivity index (χ0n) is 8.22. The molecule has 0 aliphatic carbocycles. The molecule has 1 saturated heterocycles. The molecule has 4 N–H and O–H groups in total. The minimum absolute atomic E-state index is 0.